The van der Waals surface area contributed by atoms with E-state index in [9.17, 15) is 14.7 Å². The molecule has 2 rings (SSSR count). The Morgan fingerprint density at radius 3 is 2.35 bits per heavy atom. The van der Waals surface area contributed by atoms with Crippen LogP contribution in [-0.2, 0) is 14.3 Å². The van der Waals surface area contributed by atoms with Gasteiger partial charge in [0.15, 0.2) is 0 Å². The molecule has 0 bridgehead atoms. The molecule has 0 unspecified atom stereocenters. The van der Waals surface area contributed by atoms with Crippen LogP contribution in [0, 0.1) is 5.92 Å². The minimum absolute atomic E-state index is 0.191. The van der Waals surface area contributed by atoms with Crippen LogP contribution in [0.5, 0.6) is 0 Å². The average molecular weight is 427 g/mol. The van der Waals surface area contributed by atoms with Gasteiger partial charge in [0.1, 0.15) is 0 Å². The second-order valence-corrected chi connectivity index (χ2v) is 8.87. The Balaban J connectivity index is 1.86. The molecule has 4 nitrogen and oxygen atoms in total. The number of aliphatic carboxylic acids is 1. The maximum Gasteiger partial charge on any atom is 0.333 e. The molecule has 1 saturated carbocycles. The molecular weight excluding hydrogens is 388 g/mol. The average Bonchev–Trinajstić information content (AvgIpc) is 2.76. The third-order valence-corrected chi connectivity index (χ3v) is 6.26. The summed E-state index contributed by atoms with van der Waals surface area (Å²) in [6.07, 6.45) is 13.1. The highest BCUT2D eigenvalue weighted by Crippen LogP contribution is 2.37. The number of ether oxygens (including phenoxy) is 1. The van der Waals surface area contributed by atoms with Gasteiger partial charge in [0.25, 0.3) is 0 Å². The minimum Gasteiger partial charge on any atom is -0.478 e. The van der Waals surface area contributed by atoms with Crippen molar-refractivity contribution in [2.75, 3.05) is 6.61 Å². The first kappa shape index (κ1) is 24.9. The Labute approximate surface area is 187 Å². The zero-order valence-corrected chi connectivity index (χ0v) is 19.2. The summed E-state index contributed by atoms with van der Waals surface area (Å²) in [6, 6.07) is 8.35. The van der Waals surface area contributed by atoms with Crippen LogP contribution in [0.4, 0.5) is 0 Å². The molecule has 0 radical (unpaired) electrons. The zero-order chi connectivity index (χ0) is 22.6. The number of carboxylic acid groups (broad SMARTS) is 1. The van der Waals surface area contributed by atoms with Crippen molar-refractivity contribution in [3.8, 4) is 0 Å². The molecule has 4 heteroatoms. The third-order valence-electron chi connectivity index (χ3n) is 6.26. The van der Waals surface area contributed by atoms with Crippen LogP contribution in [0.1, 0.15) is 95.1 Å². The van der Waals surface area contributed by atoms with Crippen molar-refractivity contribution in [1.29, 1.82) is 0 Å². The Hall–Kier alpha value is -2.36. The van der Waals surface area contributed by atoms with Gasteiger partial charge in [-0.05, 0) is 74.5 Å². The number of unbranched alkanes of at least 4 members (excludes halogenated alkanes) is 2. The van der Waals surface area contributed by atoms with Crippen molar-refractivity contribution < 1.29 is 19.4 Å². The van der Waals surface area contributed by atoms with Gasteiger partial charge in [-0.25, -0.2) is 9.59 Å². The van der Waals surface area contributed by atoms with Gasteiger partial charge in [-0.15, -0.1) is 0 Å². The number of benzene rings is 1. The summed E-state index contributed by atoms with van der Waals surface area (Å²) in [5, 5.41) is 9.50. The van der Waals surface area contributed by atoms with E-state index in [0.29, 0.717) is 29.9 Å². The molecule has 0 atom stereocenters. The van der Waals surface area contributed by atoms with Crippen molar-refractivity contribution in [2.24, 2.45) is 5.92 Å². The van der Waals surface area contributed by atoms with Gasteiger partial charge < -0.3 is 9.84 Å². The second-order valence-electron chi connectivity index (χ2n) is 8.87. The Bertz CT molecular complexity index is 752. The molecule has 170 valence electrons. The number of carbonyl (C=O) groups is 2. The highest BCUT2D eigenvalue weighted by molar-refractivity contribution is 5.92. The number of carboxylic acids is 1. The van der Waals surface area contributed by atoms with E-state index in [0.717, 1.165) is 11.5 Å². The first-order valence-electron chi connectivity index (χ1n) is 11.8. The predicted molar refractivity (Wildman–Crippen MR) is 126 cm³/mol. The van der Waals surface area contributed by atoms with Crippen molar-refractivity contribution in [3.05, 3.63) is 53.1 Å². The number of esters is 1. The predicted octanol–water partition coefficient (Wildman–Crippen LogP) is 6.91. The number of hydrogen-bond acceptors (Lipinski definition) is 3. The number of rotatable bonds is 12. The molecule has 0 amide bonds. The second kappa shape index (κ2) is 13.1. The van der Waals surface area contributed by atoms with Crippen LogP contribution in [0.15, 0.2) is 42.0 Å². The lowest BCUT2D eigenvalue weighted by atomic mass is 9.77. The van der Waals surface area contributed by atoms with Gasteiger partial charge in [-0.2, -0.15) is 0 Å². The van der Waals surface area contributed by atoms with Crippen molar-refractivity contribution in [1.82, 2.24) is 0 Å². The molecule has 1 aromatic rings. The van der Waals surface area contributed by atoms with Gasteiger partial charge >= 0.3 is 11.9 Å². The van der Waals surface area contributed by atoms with Gasteiger partial charge in [0.2, 0.25) is 0 Å². The maximum absolute atomic E-state index is 11.6. The largest absolute Gasteiger partial charge is 0.478 e. The highest BCUT2D eigenvalue weighted by Gasteiger charge is 2.22. The van der Waals surface area contributed by atoms with E-state index < -0.39 is 11.9 Å². The van der Waals surface area contributed by atoms with Crippen molar-refractivity contribution in [2.45, 2.75) is 84.0 Å². The van der Waals surface area contributed by atoms with E-state index in [4.69, 9.17) is 4.74 Å². The number of carbonyl (C=O) groups excluding carboxylic acids is 1. The van der Waals surface area contributed by atoms with E-state index in [-0.39, 0.29) is 6.61 Å². The summed E-state index contributed by atoms with van der Waals surface area (Å²) < 4.78 is 5.04. The molecule has 0 spiro atoms. The van der Waals surface area contributed by atoms with Crippen molar-refractivity contribution in [3.63, 3.8) is 0 Å². The topological polar surface area (TPSA) is 63.6 Å². The van der Waals surface area contributed by atoms with Crippen LogP contribution in [0.3, 0.4) is 0 Å². The molecule has 1 aliphatic carbocycles. The van der Waals surface area contributed by atoms with E-state index in [1.165, 1.54) is 56.9 Å². The molecular formula is C27H38O4. The quantitative estimate of drug-likeness (QED) is 0.224. The summed E-state index contributed by atoms with van der Waals surface area (Å²) in [4.78, 5) is 23.0. The Morgan fingerprint density at radius 1 is 1.10 bits per heavy atom. The maximum atomic E-state index is 11.6. The summed E-state index contributed by atoms with van der Waals surface area (Å²) in [5.41, 5.74) is 2.94. The first-order chi connectivity index (χ1) is 14.9. The van der Waals surface area contributed by atoms with E-state index in [1.54, 1.807) is 13.0 Å². The van der Waals surface area contributed by atoms with Gasteiger partial charge in [-0.3, -0.25) is 0 Å². The fourth-order valence-corrected chi connectivity index (χ4v) is 4.32. The molecule has 1 N–H and O–H groups in total. The fourth-order valence-electron chi connectivity index (χ4n) is 4.32. The highest BCUT2D eigenvalue weighted by atomic mass is 16.5. The molecule has 0 heterocycles. The summed E-state index contributed by atoms with van der Waals surface area (Å²) in [6.45, 7) is 7.57. The smallest absolute Gasteiger partial charge is 0.333 e. The van der Waals surface area contributed by atoms with Crippen LogP contribution in [0.25, 0.3) is 6.08 Å². The molecule has 31 heavy (non-hydrogen) atoms. The van der Waals surface area contributed by atoms with Crippen LogP contribution in [-0.4, -0.2) is 23.7 Å². The normalized spacial score (nSPS) is 19.1. The molecule has 0 saturated heterocycles. The number of hydrogen-bond donors (Lipinski definition) is 1. The summed E-state index contributed by atoms with van der Waals surface area (Å²) in [5.74, 6) is 0.156. The standard InChI is InChI=1S/C27H38O4/c1-4-5-6-8-21-10-14-23(15-11-21)24-16-12-22(13-17-24)19-25(26(28)29)9-7-18-31-27(30)20(2)3/h12-13,16-17,19,21,23H,2,4-11,14-15,18H2,1,3H3,(H,28,29)/t21-,23-. The molecule has 1 aromatic carbocycles. The fraction of sp³-hybridized carbons (Fsp3) is 0.556. The van der Waals surface area contributed by atoms with Crippen LogP contribution >= 0.6 is 0 Å². The third kappa shape index (κ3) is 8.72. The molecule has 0 aromatic heterocycles. The monoisotopic (exact) mass is 426 g/mol. The van der Waals surface area contributed by atoms with E-state index in [1.807, 2.05) is 12.1 Å². The zero-order valence-electron chi connectivity index (χ0n) is 19.2. The SMILES string of the molecule is C=C(C)C(=O)OCCCC(=Cc1ccc([C@H]2CC[C@H](CCCCC)CC2)cc1)C(=O)O. The van der Waals surface area contributed by atoms with Crippen LogP contribution in [0.2, 0.25) is 0 Å². The van der Waals surface area contributed by atoms with Crippen LogP contribution < -0.4 is 0 Å². The Kier molecular flexibility index (Phi) is 10.6. The van der Waals surface area contributed by atoms with Gasteiger partial charge in [0.05, 0.1) is 6.61 Å². The lowest BCUT2D eigenvalue weighted by Crippen LogP contribution is -2.13. The van der Waals surface area contributed by atoms with E-state index in [2.05, 4.69) is 25.6 Å². The molecule has 1 fully saturated rings. The lowest BCUT2D eigenvalue weighted by molar-refractivity contribution is -0.139. The minimum atomic E-state index is -0.934. The van der Waals surface area contributed by atoms with Gasteiger partial charge in [0, 0.05) is 11.1 Å². The summed E-state index contributed by atoms with van der Waals surface area (Å²) >= 11 is 0. The Morgan fingerprint density at radius 2 is 1.77 bits per heavy atom. The first-order valence-corrected chi connectivity index (χ1v) is 11.8. The molecule has 1 aliphatic rings. The lowest BCUT2D eigenvalue weighted by Gasteiger charge is -2.29. The van der Waals surface area contributed by atoms with Crippen molar-refractivity contribution >= 4 is 18.0 Å². The summed E-state index contributed by atoms with van der Waals surface area (Å²) in [7, 11) is 0. The van der Waals surface area contributed by atoms with Gasteiger partial charge in [-0.1, -0.05) is 63.5 Å². The molecule has 0 aliphatic heterocycles. The van der Waals surface area contributed by atoms with E-state index >= 15 is 0 Å².